The van der Waals surface area contributed by atoms with Crippen LogP contribution in [0.4, 0.5) is 5.69 Å². The van der Waals surface area contributed by atoms with Crippen molar-refractivity contribution in [2.24, 2.45) is 5.92 Å². The zero-order chi connectivity index (χ0) is 12.1. The van der Waals surface area contributed by atoms with Crippen LogP contribution in [0, 0.1) is 5.92 Å². The first-order valence-corrected chi connectivity index (χ1v) is 6.79. The summed E-state index contributed by atoms with van der Waals surface area (Å²) in [6.45, 7) is 6.38. The van der Waals surface area contributed by atoms with E-state index >= 15 is 0 Å². The van der Waals surface area contributed by atoms with Crippen molar-refractivity contribution in [3.63, 3.8) is 0 Å². The van der Waals surface area contributed by atoms with Crippen molar-refractivity contribution in [1.82, 2.24) is 0 Å². The van der Waals surface area contributed by atoms with E-state index in [1.807, 2.05) is 0 Å². The maximum absolute atomic E-state index is 5.85. The van der Waals surface area contributed by atoms with E-state index in [1.54, 1.807) is 0 Å². The third-order valence-corrected chi connectivity index (χ3v) is 3.34. The molecule has 0 bridgehead atoms. The summed E-state index contributed by atoms with van der Waals surface area (Å²) in [5, 5.41) is 3.44. The van der Waals surface area contributed by atoms with Gasteiger partial charge in [0.25, 0.3) is 0 Å². The lowest BCUT2D eigenvalue weighted by Gasteiger charge is -2.19. The van der Waals surface area contributed by atoms with Crippen molar-refractivity contribution in [2.75, 3.05) is 18.5 Å². The molecule has 0 saturated carbocycles. The Kier molecular flexibility index (Phi) is 4.29. The first-order valence-electron chi connectivity index (χ1n) is 6.79. The number of hydrogen-bond donors (Lipinski definition) is 1. The molecule has 2 rings (SSSR count). The second-order valence-corrected chi connectivity index (χ2v) is 5.05. The predicted octanol–water partition coefficient (Wildman–Crippen LogP) is 3.86. The Balaban J connectivity index is 1.93. The molecule has 1 unspecified atom stereocenters. The minimum atomic E-state index is 0.643. The standard InChI is InChI=1S/C15H23NO/c1-3-5-12(2)11-17-14-8-7-13-6-4-9-16-15(13)10-14/h7-8,10,12,16H,3-6,9,11H2,1-2H3. The fraction of sp³-hybridized carbons (Fsp3) is 0.600. The molecule has 0 aromatic heterocycles. The van der Waals surface area contributed by atoms with Crippen molar-refractivity contribution >= 4 is 5.69 Å². The summed E-state index contributed by atoms with van der Waals surface area (Å²) in [7, 11) is 0. The predicted molar refractivity (Wildman–Crippen MR) is 72.8 cm³/mol. The molecule has 1 aromatic rings. The number of benzene rings is 1. The summed E-state index contributed by atoms with van der Waals surface area (Å²) in [6, 6.07) is 6.44. The molecule has 1 heterocycles. The van der Waals surface area contributed by atoms with E-state index in [-0.39, 0.29) is 0 Å². The maximum atomic E-state index is 5.85. The van der Waals surface area contributed by atoms with Gasteiger partial charge in [-0.15, -0.1) is 0 Å². The minimum absolute atomic E-state index is 0.643. The second kappa shape index (κ2) is 5.95. The highest BCUT2D eigenvalue weighted by molar-refractivity contribution is 5.56. The number of fused-ring (bicyclic) bond motifs is 1. The van der Waals surface area contributed by atoms with Gasteiger partial charge < -0.3 is 10.1 Å². The molecule has 0 amide bonds. The molecule has 1 aliphatic heterocycles. The highest BCUT2D eigenvalue weighted by Crippen LogP contribution is 2.26. The summed E-state index contributed by atoms with van der Waals surface area (Å²) in [4.78, 5) is 0. The molecule has 0 fully saturated rings. The lowest BCUT2D eigenvalue weighted by Crippen LogP contribution is -2.12. The molecule has 0 saturated heterocycles. The normalized spacial score (nSPS) is 15.9. The van der Waals surface area contributed by atoms with E-state index < -0.39 is 0 Å². The summed E-state index contributed by atoms with van der Waals surface area (Å²) in [6.07, 6.45) is 4.90. The molecule has 0 radical (unpaired) electrons. The van der Waals surface area contributed by atoms with E-state index in [0.717, 1.165) is 18.9 Å². The van der Waals surface area contributed by atoms with E-state index in [2.05, 4.69) is 37.4 Å². The molecule has 1 aromatic carbocycles. The van der Waals surface area contributed by atoms with E-state index in [4.69, 9.17) is 4.74 Å². The Morgan fingerprint density at radius 2 is 2.29 bits per heavy atom. The molecule has 1 atom stereocenters. The molecular weight excluding hydrogens is 210 g/mol. The second-order valence-electron chi connectivity index (χ2n) is 5.05. The van der Waals surface area contributed by atoms with Gasteiger partial charge >= 0.3 is 0 Å². The van der Waals surface area contributed by atoms with Crippen LogP contribution in [0.15, 0.2) is 18.2 Å². The Morgan fingerprint density at radius 3 is 3.12 bits per heavy atom. The van der Waals surface area contributed by atoms with Gasteiger partial charge in [-0.3, -0.25) is 0 Å². The van der Waals surface area contributed by atoms with Crippen molar-refractivity contribution in [3.8, 4) is 5.75 Å². The molecular formula is C15H23NO. The molecule has 1 aliphatic rings. The minimum Gasteiger partial charge on any atom is -0.493 e. The van der Waals surface area contributed by atoms with Crippen molar-refractivity contribution in [2.45, 2.75) is 39.5 Å². The lowest BCUT2D eigenvalue weighted by atomic mass is 10.0. The fourth-order valence-corrected chi connectivity index (χ4v) is 2.34. The first-order chi connectivity index (χ1) is 8.29. The van der Waals surface area contributed by atoms with Gasteiger partial charge in [-0.2, -0.15) is 0 Å². The van der Waals surface area contributed by atoms with Crippen LogP contribution < -0.4 is 10.1 Å². The van der Waals surface area contributed by atoms with Crippen LogP contribution in [0.1, 0.15) is 38.7 Å². The molecule has 0 spiro atoms. The number of ether oxygens (including phenoxy) is 1. The van der Waals surface area contributed by atoms with Crippen LogP contribution in [0.25, 0.3) is 0 Å². The van der Waals surface area contributed by atoms with Gasteiger partial charge in [-0.1, -0.05) is 26.3 Å². The summed E-state index contributed by atoms with van der Waals surface area (Å²) in [5.74, 6) is 1.64. The number of rotatable bonds is 5. The topological polar surface area (TPSA) is 21.3 Å². The number of anilines is 1. The van der Waals surface area contributed by atoms with Crippen molar-refractivity contribution in [3.05, 3.63) is 23.8 Å². The average molecular weight is 233 g/mol. The van der Waals surface area contributed by atoms with Crippen LogP contribution in [0.3, 0.4) is 0 Å². The number of nitrogens with one attached hydrogen (secondary N) is 1. The third-order valence-electron chi connectivity index (χ3n) is 3.34. The number of hydrogen-bond acceptors (Lipinski definition) is 2. The van der Waals surface area contributed by atoms with Crippen LogP contribution in [-0.4, -0.2) is 13.2 Å². The van der Waals surface area contributed by atoms with E-state index in [9.17, 15) is 0 Å². The lowest BCUT2D eigenvalue weighted by molar-refractivity contribution is 0.251. The molecule has 94 valence electrons. The zero-order valence-corrected chi connectivity index (χ0v) is 11.0. The Hall–Kier alpha value is -1.18. The SMILES string of the molecule is CCCC(C)COc1ccc2c(c1)NCCC2. The van der Waals surface area contributed by atoms with Gasteiger partial charge in [0.15, 0.2) is 0 Å². The number of aryl methyl sites for hydroxylation is 1. The smallest absolute Gasteiger partial charge is 0.121 e. The Bertz CT molecular complexity index is 362. The van der Waals surface area contributed by atoms with E-state index in [0.29, 0.717) is 5.92 Å². The van der Waals surface area contributed by atoms with Crippen LogP contribution in [0.5, 0.6) is 5.75 Å². The molecule has 0 aliphatic carbocycles. The van der Waals surface area contributed by atoms with Crippen molar-refractivity contribution in [1.29, 1.82) is 0 Å². The first kappa shape index (κ1) is 12.3. The molecule has 17 heavy (non-hydrogen) atoms. The molecule has 1 N–H and O–H groups in total. The summed E-state index contributed by atoms with van der Waals surface area (Å²) < 4.78 is 5.85. The van der Waals surface area contributed by atoms with Gasteiger partial charge in [-0.05, 0) is 36.8 Å². The van der Waals surface area contributed by atoms with Gasteiger partial charge in [0.05, 0.1) is 6.61 Å². The summed E-state index contributed by atoms with van der Waals surface area (Å²) in [5.41, 5.74) is 2.68. The van der Waals surface area contributed by atoms with Gasteiger partial charge in [0.2, 0.25) is 0 Å². The highest BCUT2D eigenvalue weighted by Gasteiger charge is 2.09. The zero-order valence-electron chi connectivity index (χ0n) is 11.0. The van der Waals surface area contributed by atoms with Gasteiger partial charge in [0, 0.05) is 18.3 Å². The van der Waals surface area contributed by atoms with Crippen LogP contribution >= 0.6 is 0 Å². The fourth-order valence-electron chi connectivity index (χ4n) is 2.34. The highest BCUT2D eigenvalue weighted by atomic mass is 16.5. The third kappa shape index (κ3) is 3.39. The van der Waals surface area contributed by atoms with E-state index in [1.165, 1.54) is 36.9 Å². The van der Waals surface area contributed by atoms with Gasteiger partial charge in [0.1, 0.15) is 5.75 Å². The van der Waals surface area contributed by atoms with Crippen LogP contribution in [-0.2, 0) is 6.42 Å². The monoisotopic (exact) mass is 233 g/mol. The Morgan fingerprint density at radius 1 is 1.41 bits per heavy atom. The average Bonchev–Trinajstić information content (AvgIpc) is 2.36. The molecule has 2 heteroatoms. The maximum Gasteiger partial charge on any atom is 0.121 e. The Labute approximate surface area is 104 Å². The van der Waals surface area contributed by atoms with Gasteiger partial charge in [-0.25, -0.2) is 0 Å². The quantitative estimate of drug-likeness (QED) is 0.833. The van der Waals surface area contributed by atoms with Crippen molar-refractivity contribution < 1.29 is 4.74 Å². The summed E-state index contributed by atoms with van der Waals surface area (Å²) >= 11 is 0. The molecule has 2 nitrogen and oxygen atoms in total. The van der Waals surface area contributed by atoms with Crippen LogP contribution in [0.2, 0.25) is 0 Å². The largest absolute Gasteiger partial charge is 0.493 e.